The molecule has 3 nitrogen and oxygen atoms in total. The molecule has 2 aliphatic heterocycles. The second-order valence-corrected chi connectivity index (χ2v) is 4.82. The Morgan fingerprint density at radius 3 is 2.80 bits per heavy atom. The van der Waals surface area contributed by atoms with Gasteiger partial charge in [-0.3, -0.25) is 4.79 Å². The predicted molar refractivity (Wildman–Crippen MR) is 60.6 cm³/mol. The highest BCUT2D eigenvalue weighted by molar-refractivity contribution is 5.76. The minimum Gasteiger partial charge on any atom is -0.343 e. The van der Waals surface area contributed by atoms with Crippen molar-refractivity contribution in [1.29, 1.82) is 0 Å². The molecule has 3 heteroatoms. The van der Waals surface area contributed by atoms with E-state index in [-0.39, 0.29) is 0 Å². The van der Waals surface area contributed by atoms with Gasteiger partial charge < -0.3 is 10.2 Å². The number of amides is 1. The Balaban J connectivity index is 1.69. The standard InChI is InChI=1S/C12H22N2O/c15-12-3-1-2-9-14(12)10-6-11-4-7-13-8-5-11/h11,13H,1-10H2. The minimum atomic E-state index is 0.384. The summed E-state index contributed by atoms with van der Waals surface area (Å²) in [4.78, 5) is 13.7. The summed E-state index contributed by atoms with van der Waals surface area (Å²) in [6, 6.07) is 0. The molecule has 1 amide bonds. The quantitative estimate of drug-likeness (QED) is 0.763. The summed E-state index contributed by atoms with van der Waals surface area (Å²) in [5.41, 5.74) is 0. The van der Waals surface area contributed by atoms with Crippen LogP contribution in [0.1, 0.15) is 38.5 Å². The van der Waals surface area contributed by atoms with Gasteiger partial charge in [-0.25, -0.2) is 0 Å². The Labute approximate surface area is 92.2 Å². The van der Waals surface area contributed by atoms with Gasteiger partial charge in [0.1, 0.15) is 0 Å². The number of carbonyl (C=O) groups excluding carboxylic acids is 1. The van der Waals surface area contributed by atoms with E-state index in [2.05, 4.69) is 10.2 Å². The molecule has 2 saturated heterocycles. The fourth-order valence-corrected chi connectivity index (χ4v) is 2.61. The molecule has 0 saturated carbocycles. The maximum atomic E-state index is 11.6. The Morgan fingerprint density at radius 2 is 2.07 bits per heavy atom. The van der Waals surface area contributed by atoms with Crippen LogP contribution in [0, 0.1) is 5.92 Å². The first-order valence-corrected chi connectivity index (χ1v) is 6.35. The number of rotatable bonds is 3. The van der Waals surface area contributed by atoms with Gasteiger partial charge in [-0.05, 0) is 51.1 Å². The summed E-state index contributed by atoms with van der Waals surface area (Å²) < 4.78 is 0. The number of nitrogens with zero attached hydrogens (tertiary/aromatic N) is 1. The number of hydrogen-bond acceptors (Lipinski definition) is 2. The van der Waals surface area contributed by atoms with Gasteiger partial charge in [0.05, 0.1) is 0 Å². The zero-order chi connectivity index (χ0) is 10.5. The Morgan fingerprint density at radius 1 is 1.27 bits per heavy atom. The van der Waals surface area contributed by atoms with Crippen molar-refractivity contribution in [2.75, 3.05) is 26.2 Å². The summed E-state index contributed by atoms with van der Waals surface area (Å²) in [5.74, 6) is 1.23. The first kappa shape index (κ1) is 10.9. The summed E-state index contributed by atoms with van der Waals surface area (Å²) in [5, 5.41) is 3.38. The van der Waals surface area contributed by atoms with E-state index >= 15 is 0 Å². The van der Waals surface area contributed by atoms with Crippen LogP contribution in [0.3, 0.4) is 0 Å². The summed E-state index contributed by atoms with van der Waals surface area (Å²) in [6.45, 7) is 4.34. The van der Waals surface area contributed by atoms with E-state index in [4.69, 9.17) is 0 Å². The van der Waals surface area contributed by atoms with Crippen molar-refractivity contribution in [3.8, 4) is 0 Å². The van der Waals surface area contributed by atoms with E-state index in [1.54, 1.807) is 0 Å². The molecular weight excluding hydrogens is 188 g/mol. The lowest BCUT2D eigenvalue weighted by Crippen LogP contribution is -2.37. The molecule has 0 radical (unpaired) electrons. The van der Waals surface area contributed by atoms with Gasteiger partial charge in [-0.2, -0.15) is 0 Å². The molecule has 0 aromatic heterocycles. The number of hydrogen-bond donors (Lipinski definition) is 1. The second-order valence-electron chi connectivity index (χ2n) is 4.82. The first-order valence-electron chi connectivity index (χ1n) is 6.35. The van der Waals surface area contributed by atoms with Gasteiger partial charge in [0, 0.05) is 19.5 Å². The fourth-order valence-electron chi connectivity index (χ4n) is 2.61. The lowest BCUT2D eigenvalue weighted by molar-refractivity contribution is -0.133. The smallest absolute Gasteiger partial charge is 0.222 e. The van der Waals surface area contributed by atoms with Crippen molar-refractivity contribution in [2.24, 2.45) is 5.92 Å². The van der Waals surface area contributed by atoms with Crippen LogP contribution in [0.4, 0.5) is 0 Å². The molecule has 0 unspecified atom stereocenters. The number of nitrogens with one attached hydrogen (secondary N) is 1. The third kappa shape index (κ3) is 3.20. The molecular formula is C12H22N2O. The zero-order valence-corrected chi connectivity index (χ0v) is 9.50. The summed E-state index contributed by atoms with van der Waals surface area (Å²) in [7, 11) is 0. The molecule has 0 spiro atoms. The van der Waals surface area contributed by atoms with E-state index in [1.165, 1.54) is 38.8 Å². The SMILES string of the molecule is O=C1CCCCN1CCC1CCNCC1. The molecule has 0 aromatic rings. The molecule has 0 bridgehead atoms. The maximum Gasteiger partial charge on any atom is 0.222 e. The number of carbonyl (C=O) groups is 1. The Kier molecular flexibility index (Phi) is 4.01. The molecule has 2 heterocycles. The van der Waals surface area contributed by atoms with Gasteiger partial charge in [0.15, 0.2) is 0 Å². The van der Waals surface area contributed by atoms with Gasteiger partial charge in [-0.15, -0.1) is 0 Å². The monoisotopic (exact) mass is 210 g/mol. The molecule has 0 aliphatic carbocycles. The lowest BCUT2D eigenvalue weighted by Gasteiger charge is -2.29. The van der Waals surface area contributed by atoms with Gasteiger partial charge >= 0.3 is 0 Å². The average Bonchev–Trinajstić information content (AvgIpc) is 2.29. The highest BCUT2D eigenvalue weighted by Crippen LogP contribution is 2.18. The Bertz CT molecular complexity index is 212. The molecule has 0 aromatic carbocycles. The van der Waals surface area contributed by atoms with Crippen LogP contribution in [-0.2, 0) is 4.79 Å². The van der Waals surface area contributed by atoms with Gasteiger partial charge in [0.25, 0.3) is 0 Å². The second kappa shape index (κ2) is 5.50. The zero-order valence-electron chi connectivity index (χ0n) is 9.50. The minimum absolute atomic E-state index is 0.384. The van der Waals surface area contributed by atoms with E-state index in [0.717, 1.165) is 31.8 Å². The van der Waals surface area contributed by atoms with Crippen LogP contribution in [0.5, 0.6) is 0 Å². The highest BCUT2D eigenvalue weighted by Gasteiger charge is 2.20. The number of piperidine rings is 2. The molecule has 0 atom stereocenters. The lowest BCUT2D eigenvalue weighted by atomic mass is 9.94. The van der Waals surface area contributed by atoms with Gasteiger partial charge in [-0.1, -0.05) is 0 Å². The topological polar surface area (TPSA) is 32.3 Å². The highest BCUT2D eigenvalue weighted by atomic mass is 16.2. The molecule has 86 valence electrons. The normalized spacial score (nSPS) is 24.5. The molecule has 2 fully saturated rings. The summed E-state index contributed by atoms with van der Waals surface area (Å²) >= 11 is 0. The Hall–Kier alpha value is -0.570. The van der Waals surface area contributed by atoms with Crippen molar-refractivity contribution in [3.05, 3.63) is 0 Å². The third-order valence-corrected chi connectivity index (χ3v) is 3.69. The van der Waals surface area contributed by atoms with Crippen molar-refractivity contribution < 1.29 is 4.79 Å². The first-order chi connectivity index (χ1) is 7.36. The predicted octanol–water partition coefficient (Wildman–Crippen LogP) is 1.39. The van der Waals surface area contributed by atoms with Crippen LogP contribution in [0.25, 0.3) is 0 Å². The van der Waals surface area contributed by atoms with E-state index < -0.39 is 0 Å². The van der Waals surface area contributed by atoms with Crippen molar-refractivity contribution in [1.82, 2.24) is 10.2 Å². The molecule has 2 rings (SSSR count). The van der Waals surface area contributed by atoms with Crippen LogP contribution >= 0.6 is 0 Å². The van der Waals surface area contributed by atoms with Crippen LogP contribution in [0.15, 0.2) is 0 Å². The largest absolute Gasteiger partial charge is 0.343 e. The maximum absolute atomic E-state index is 11.6. The molecule has 1 N–H and O–H groups in total. The van der Waals surface area contributed by atoms with E-state index in [0.29, 0.717) is 5.91 Å². The van der Waals surface area contributed by atoms with Crippen molar-refractivity contribution >= 4 is 5.91 Å². The van der Waals surface area contributed by atoms with E-state index in [1.807, 2.05) is 0 Å². The van der Waals surface area contributed by atoms with E-state index in [9.17, 15) is 4.79 Å². The fraction of sp³-hybridized carbons (Fsp3) is 0.917. The van der Waals surface area contributed by atoms with Gasteiger partial charge in [0.2, 0.25) is 5.91 Å². The third-order valence-electron chi connectivity index (χ3n) is 3.69. The van der Waals surface area contributed by atoms with Crippen LogP contribution in [0.2, 0.25) is 0 Å². The molecule has 15 heavy (non-hydrogen) atoms. The number of likely N-dealkylation sites (tertiary alicyclic amines) is 1. The van der Waals surface area contributed by atoms with Crippen molar-refractivity contribution in [2.45, 2.75) is 38.5 Å². The summed E-state index contributed by atoms with van der Waals surface area (Å²) in [6.07, 6.45) is 6.89. The molecule has 2 aliphatic rings. The van der Waals surface area contributed by atoms with Crippen LogP contribution in [-0.4, -0.2) is 37.0 Å². The van der Waals surface area contributed by atoms with Crippen LogP contribution < -0.4 is 5.32 Å². The van der Waals surface area contributed by atoms with Crippen molar-refractivity contribution in [3.63, 3.8) is 0 Å². The average molecular weight is 210 g/mol.